The summed E-state index contributed by atoms with van der Waals surface area (Å²) in [5.74, 6) is -0.627. The first-order valence-electron chi connectivity index (χ1n) is 10.6. The molecule has 34 heavy (non-hydrogen) atoms. The number of aliphatic hydroxyl groups excluding tert-OH is 1. The lowest BCUT2D eigenvalue weighted by atomic mass is 9.86. The van der Waals surface area contributed by atoms with Crippen molar-refractivity contribution < 1.29 is 30.2 Å². The van der Waals surface area contributed by atoms with E-state index in [-0.39, 0.29) is 5.75 Å². The fourth-order valence-corrected chi connectivity index (χ4v) is 3.58. The third-order valence-electron chi connectivity index (χ3n) is 5.56. The second-order valence-electron chi connectivity index (χ2n) is 8.44. The van der Waals surface area contributed by atoms with E-state index in [2.05, 4.69) is 20.3 Å². The van der Waals surface area contributed by atoms with Crippen molar-refractivity contribution >= 4 is 11.8 Å². The van der Waals surface area contributed by atoms with Gasteiger partial charge in [-0.15, -0.1) is 0 Å². The highest BCUT2D eigenvalue weighted by atomic mass is 16.4. The molecule has 3 atom stereocenters. The summed E-state index contributed by atoms with van der Waals surface area (Å²) in [5, 5.41) is 45.5. The Kier molecular flexibility index (Phi) is 6.99. The molecule has 1 aliphatic heterocycles. The molecule has 9 nitrogen and oxygen atoms in total. The first-order chi connectivity index (χ1) is 16.0. The van der Waals surface area contributed by atoms with Gasteiger partial charge in [0, 0.05) is 23.9 Å². The third-order valence-corrected chi connectivity index (χ3v) is 5.56. The molecule has 0 saturated carbocycles. The van der Waals surface area contributed by atoms with E-state index in [0.29, 0.717) is 28.6 Å². The van der Waals surface area contributed by atoms with Gasteiger partial charge in [0.15, 0.2) is 17.5 Å². The van der Waals surface area contributed by atoms with E-state index in [9.17, 15) is 25.2 Å². The summed E-state index contributed by atoms with van der Waals surface area (Å²) in [6, 6.07) is 18.5. The average Bonchev–Trinajstić information content (AvgIpc) is 2.82. The Hall–Kier alpha value is -3.82. The smallest absolute Gasteiger partial charge is 0.278 e. The molecule has 3 aromatic rings. The molecule has 2 heterocycles. The number of aliphatic hydroxyl groups is 2. The zero-order valence-electron chi connectivity index (χ0n) is 19.4. The lowest BCUT2D eigenvalue weighted by Crippen LogP contribution is -3.01. The predicted octanol–water partition coefficient (Wildman–Crippen LogP) is -1.47. The summed E-state index contributed by atoms with van der Waals surface area (Å²) in [6.45, 7) is 6.00. The quantitative estimate of drug-likeness (QED) is 0.367. The van der Waals surface area contributed by atoms with E-state index in [1.807, 2.05) is 36.4 Å². The van der Waals surface area contributed by atoms with Gasteiger partial charge in [-0.05, 0) is 32.9 Å². The van der Waals surface area contributed by atoms with Crippen molar-refractivity contribution in [2.75, 3.05) is 0 Å². The number of aryl methyl sites for hydroxylation is 2. The zero-order chi connectivity index (χ0) is 25.1. The van der Waals surface area contributed by atoms with Crippen molar-refractivity contribution in [2.24, 2.45) is 0 Å². The topological polar surface area (TPSA) is 155 Å². The molecule has 4 rings (SSSR count). The number of hydrogen-bond acceptors (Lipinski definition) is 8. The van der Waals surface area contributed by atoms with Crippen LogP contribution in [0.3, 0.4) is 0 Å². The molecule has 0 bridgehead atoms. The molecule has 0 radical (unpaired) electrons. The monoisotopic (exact) mass is 463 g/mol. The Labute approximate surface area is 197 Å². The average molecular weight is 464 g/mol. The standard InChI is InChI=1S/C13H16N2O4.C12H12N2O/c1-12(11(17)18)10(16)13(2,19)15-9(14-12)8-6-4-3-5-7-8;1-8-11(15)9(2)14-12(13-8)10-6-4-3-5-7-10/h3-7,10,16,19H,1-2H3,(H,14,15)(H,17,18);3-7,15H,1-2H3/p-1. The highest BCUT2D eigenvalue weighted by molar-refractivity contribution is 5.96. The SMILES string of the molecule is CC1(O)NC(c2ccccc2)=[NH+]C(C)(C(=O)[O-])C1O.Cc1nc(-c2ccccc2)nc(C)c1[O-]. The van der Waals surface area contributed by atoms with E-state index in [4.69, 9.17) is 0 Å². The minimum atomic E-state index is -1.79. The number of carbonyl (C=O) groups is 1. The van der Waals surface area contributed by atoms with Crippen molar-refractivity contribution in [1.29, 1.82) is 0 Å². The van der Waals surface area contributed by atoms with Gasteiger partial charge in [-0.2, -0.15) is 0 Å². The number of aliphatic carboxylic acids is 1. The van der Waals surface area contributed by atoms with Crippen molar-refractivity contribution in [3.05, 3.63) is 77.6 Å². The summed E-state index contributed by atoms with van der Waals surface area (Å²) in [4.78, 5) is 22.3. The van der Waals surface area contributed by atoms with E-state index in [1.165, 1.54) is 13.8 Å². The Morgan fingerprint density at radius 1 is 0.971 bits per heavy atom. The van der Waals surface area contributed by atoms with Crippen LogP contribution >= 0.6 is 0 Å². The Morgan fingerprint density at radius 3 is 1.91 bits per heavy atom. The second kappa shape index (κ2) is 9.58. The van der Waals surface area contributed by atoms with Gasteiger partial charge in [-0.1, -0.05) is 54.3 Å². The van der Waals surface area contributed by atoms with Gasteiger partial charge in [0.05, 0.1) is 11.5 Å². The van der Waals surface area contributed by atoms with E-state index < -0.39 is 23.3 Å². The minimum Gasteiger partial charge on any atom is -0.870 e. The maximum absolute atomic E-state index is 11.4. The summed E-state index contributed by atoms with van der Waals surface area (Å²) in [6.07, 6.45) is -1.57. The van der Waals surface area contributed by atoms with E-state index in [0.717, 1.165) is 5.56 Å². The molecular weight excluding hydrogens is 436 g/mol. The lowest BCUT2D eigenvalue weighted by Gasteiger charge is -2.40. The molecule has 0 amide bonds. The maximum Gasteiger partial charge on any atom is 0.278 e. The minimum absolute atomic E-state index is 0.0744. The van der Waals surface area contributed by atoms with E-state index >= 15 is 0 Å². The van der Waals surface area contributed by atoms with Crippen LogP contribution in [0.5, 0.6) is 5.75 Å². The molecule has 178 valence electrons. The van der Waals surface area contributed by atoms with Crippen LogP contribution in [0.4, 0.5) is 0 Å². The first kappa shape index (κ1) is 24.8. The van der Waals surface area contributed by atoms with Crippen molar-refractivity contribution in [3.63, 3.8) is 0 Å². The Balaban J connectivity index is 0.000000196. The molecule has 0 fully saturated rings. The number of nitrogens with zero attached hydrogens (tertiary/aromatic N) is 2. The number of hydrogen-bond donors (Lipinski definition) is 4. The Morgan fingerprint density at radius 2 is 1.44 bits per heavy atom. The molecular formula is C25H27N4O5-. The summed E-state index contributed by atoms with van der Waals surface area (Å²) < 4.78 is 0. The fourth-order valence-electron chi connectivity index (χ4n) is 3.58. The molecule has 4 N–H and O–H groups in total. The molecule has 9 heteroatoms. The van der Waals surface area contributed by atoms with Gasteiger partial charge in [-0.3, -0.25) is 4.99 Å². The summed E-state index contributed by atoms with van der Waals surface area (Å²) >= 11 is 0. The van der Waals surface area contributed by atoms with Gasteiger partial charge < -0.3 is 25.2 Å². The molecule has 1 aliphatic rings. The Bertz CT molecular complexity index is 1180. The van der Waals surface area contributed by atoms with Crippen LogP contribution < -0.4 is 20.5 Å². The number of rotatable bonds is 3. The second-order valence-corrected chi connectivity index (χ2v) is 8.44. The summed E-state index contributed by atoms with van der Waals surface area (Å²) in [5.41, 5.74) is -0.973. The van der Waals surface area contributed by atoms with Crippen molar-refractivity contribution in [1.82, 2.24) is 15.3 Å². The van der Waals surface area contributed by atoms with Gasteiger partial charge in [0.1, 0.15) is 0 Å². The molecule has 1 aromatic heterocycles. The predicted molar refractivity (Wildman–Crippen MR) is 121 cm³/mol. The number of aromatic nitrogens is 2. The normalized spacial score (nSPS) is 23.7. The lowest BCUT2D eigenvalue weighted by molar-refractivity contribution is -0.577. The molecule has 0 aliphatic carbocycles. The fraction of sp³-hybridized carbons (Fsp3) is 0.280. The number of amidine groups is 1. The highest BCUT2D eigenvalue weighted by Crippen LogP contribution is 2.21. The highest BCUT2D eigenvalue weighted by Gasteiger charge is 2.54. The van der Waals surface area contributed by atoms with Gasteiger partial charge in [-0.25, -0.2) is 15.3 Å². The summed E-state index contributed by atoms with van der Waals surface area (Å²) in [7, 11) is 0. The molecule has 0 spiro atoms. The maximum atomic E-state index is 11.4. The van der Waals surface area contributed by atoms with E-state index in [1.54, 1.807) is 38.1 Å². The van der Waals surface area contributed by atoms with Gasteiger partial charge in [0.2, 0.25) is 5.72 Å². The zero-order valence-corrected chi connectivity index (χ0v) is 19.4. The van der Waals surface area contributed by atoms with Crippen LogP contribution in [0.1, 0.15) is 30.8 Å². The van der Waals surface area contributed by atoms with Crippen molar-refractivity contribution in [3.8, 4) is 17.1 Å². The van der Waals surface area contributed by atoms with Gasteiger partial charge in [0.25, 0.3) is 5.84 Å². The van der Waals surface area contributed by atoms with Crippen LogP contribution in [0.15, 0.2) is 60.7 Å². The number of benzene rings is 2. The number of carboxylic acids is 1. The largest absolute Gasteiger partial charge is 0.870 e. The molecule has 3 unspecified atom stereocenters. The molecule has 2 aromatic carbocycles. The van der Waals surface area contributed by atoms with Crippen LogP contribution in [0.25, 0.3) is 11.4 Å². The van der Waals surface area contributed by atoms with Crippen molar-refractivity contribution in [2.45, 2.75) is 45.1 Å². The number of carboxylic acid groups (broad SMARTS) is 1. The van der Waals surface area contributed by atoms with Crippen LogP contribution in [0.2, 0.25) is 0 Å². The third kappa shape index (κ3) is 5.05. The number of nitrogens with one attached hydrogen (secondary N) is 2. The van der Waals surface area contributed by atoms with Crippen LogP contribution in [-0.4, -0.2) is 49.4 Å². The molecule has 0 saturated heterocycles. The van der Waals surface area contributed by atoms with Crippen LogP contribution in [-0.2, 0) is 4.79 Å². The van der Waals surface area contributed by atoms with Crippen LogP contribution in [0, 0.1) is 13.8 Å². The number of carbonyl (C=O) groups excluding carboxylic acids is 1. The first-order valence-corrected chi connectivity index (χ1v) is 10.6. The van der Waals surface area contributed by atoms with Gasteiger partial charge >= 0.3 is 0 Å².